The van der Waals surface area contributed by atoms with E-state index in [1.165, 1.54) is 0 Å². The maximum Gasteiger partial charge on any atom is 0.0602 e. The zero-order valence-corrected chi connectivity index (χ0v) is 7.74. The molecule has 62 valence electrons. The molecular formula is C7H17NOS. The van der Waals surface area contributed by atoms with Crippen molar-refractivity contribution in [3.8, 4) is 0 Å². The van der Waals surface area contributed by atoms with Crippen LogP contribution in [0.2, 0.25) is 0 Å². The number of rotatable bonds is 4. The Morgan fingerprint density at radius 3 is 2.40 bits per heavy atom. The standard InChI is InChI=1S/C7H17NOS/c1-6(9)4-10-5-7(2,3)8/h6,9H,4-5,8H2,1-3H3. The highest BCUT2D eigenvalue weighted by Crippen LogP contribution is 2.10. The number of aliphatic hydroxyl groups excluding tert-OH is 1. The average Bonchev–Trinajstić information content (AvgIpc) is 1.59. The minimum Gasteiger partial charge on any atom is -0.393 e. The molecule has 0 amide bonds. The predicted molar refractivity (Wildman–Crippen MR) is 47.3 cm³/mol. The van der Waals surface area contributed by atoms with Gasteiger partial charge in [0.15, 0.2) is 0 Å². The fourth-order valence-electron chi connectivity index (χ4n) is 0.493. The van der Waals surface area contributed by atoms with Crippen molar-refractivity contribution in [2.24, 2.45) is 5.73 Å². The summed E-state index contributed by atoms with van der Waals surface area (Å²) in [5, 5.41) is 8.89. The predicted octanol–water partition coefficient (Wildman–Crippen LogP) is 0.838. The molecule has 0 fully saturated rings. The van der Waals surface area contributed by atoms with Crippen molar-refractivity contribution < 1.29 is 5.11 Å². The van der Waals surface area contributed by atoms with Crippen molar-refractivity contribution in [1.82, 2.24) is 0 Å². The quantitative estimate of drug-likeness (QED) is 0.645. The van der Waals surface area contributed by atoms with Crippen molar-refractivity contribution in [2.75, 3.05) is 11.5 Å². The zero-order valence-electron chi connectivity index (χ0n) is 6.92. The van der Waals surface area contributed by atoms with Gasteiger partial charge in [0, 0.05) is 17.0 Å². The number of aliphatic hydroxyl groups is 1. The molecule has 0 bridgehead atoms. The smallest absolute Gasteiger partial charge is 0.0602 e. The first-order chi connectivity index (χ1) is 4.42. The monoisotopic (exact) mass is 163 g/mol. The first kappa shape index (κ1) is 10.3. The normalized spacial score (nSPS) is 15.3. The molecule has 1 atom stereocenters. The number of nitrogens with two attached hydrogens (primary N) is 1. The molecule has 0 radical (unpaired) electrons. The summed E-state index contributed by atoms with van der Waals surface area (Å²) in [5.41, 5.74) is 5.61. The highest BCUT2D eigenvalue weighted by molar-refractivity contribution is 7.99. The number of hydrogen-bond donors (Lipinski definition) is 2. The molecule has 0 saturated carbocycles. The van der Waals surface area contributed by atoms with E-state index in [9.17, 15) is 0 Å². The van der Waals surface area contributed by atoms with Crippen LogP contribution in [0.3, 0.4) is 0 Å². The highest BCUT2D eigenvalue weighted by Gasteiger charge is 2.10. The van der Waals surface area contributed by atoms with Gasteiger partial charge in [-0.05, 0) is 20.8 Å². The lowest BCUT2D eigenvalue weighted by atomic mass is 10.1. The van der Waals surface area contributed by atoms with Crippen molar-refractivity contribution in [3.63, 3.8) is 0 Å². The lowest BCUT2D eigenvalue weighted by molar-refractivity contribution is 0.220. The van der Waals surface area contributed by atoms with E-state index in [2.05, 4.69) is 0 Å². The summed E-state index contributed by atoms with van der Waals surface area (Å²) in [6.07, 6.45) is -0.215. The van der Waals surface area contributed by atoms with Crippen LogP contribution in [-0.4, -0.2) is 28.3 Å². The van der Waals surface area contributed by atoms with Crippen molar-refractivity contribution in [3.05, 3.63) is 0 Å². The molecule has 0 spiro atoms. The number of hydrogen-bond acceptors (Lipinski definition) is 3. The van der Waals surface area contributed by atoms with E-state index in [4.69, 9.17) is 10.8 Å². The van der Waals surface area contributed by atoms with Gasteiger partial charge in [0.05, 0.1) is 6.10 Å². The molecule has 2 nitrogen and oxygen atoms in total. The molecule has 0 aliphatic carbocycles. The molecule has 0 aliphatic heterocycles. The van der Waals surface area contributed by atoms with Crippen LogP contribution in [0.5, 0.6) is 0 Å². The second kappa shape index (κ2) is 4.21. The van der Waals surface area contributed by atoms with E-state index in [1.54, 1.807) is 18.7 Å². The molecule has 0 aliphatic rings. The summed E-state index contributed by atoms with van der Waals surface area (Å²) in [5.74, 6) is 1.68. The van der Waals surface area contributed by atoms with Crippen molar-refractivity contribution in [2.45, 2.75) is 32.4 Å². The van der Waals surface area contributed by atoms with Crippen LogP contribution < -0.4 is 5.73 Å². The summed E-state index contributed by atoms with van der Waals surface area (Å²) in [7, 11) is 0. The molecule has 3 N–H and O–H groups in total. The number of thioether (sulfide) groups is 1. The molecule has 0 aromatic heterocycles. The molecule has 1 unspecified atom stereocenters. The topological polar surface area (TPSA) is 46.2 Å². The van der Waals surface area contributed by atoms with Gasteiger partial charge in [0.2, 0.25) is 0 Å². The van der Waals surface area contributed by atoms with Crippen molar-refractivity contribution in [1.29, 1.82) is 0 Å². The summed E-state index contributed by atoms with van der Waals surface area (Å²) in [6.45, 7) is 5.76. The van der Waals surface area contributed by atoms with Crippen LogP contribution in [0, 0.1) is 0 Å². The summed E-state index contributed by atoms with van der Waals surface area (Å²) in [6, 6.07) is 0. The Morgan fingerprint density at radius 1 is 1.60 bits per heavy atom. The Hall–Kier alpha value is 0.270. The van der Waals surface area contributed by atoms with E-state index in [0.29, 0.717) is 0 Å². The van der Waals surface area contributed by atoms with Gasteiger partial charge in [0.25, 0.3) is 0 Å². The van der Waals surface area contributed by atoms with Crippen molar-refractivity contribution >= 4 is 11.8 Å². The van der Waals surface area contributed by atoms with Gasteiger partial charge in [-0.1, -0.05) is 0 Å². The van der Waals surface area contributed by atoms with E-state index in [0.717, 1.165) is 11.5 Å². The Balaban J connectivity index is 3.21. The Kier molecular flexibility index (Phi) is 4.32. The third-order valence-corrected chi connectivity index (χ3v) is 2.50. The molecular weight excluding hydrogens is 146 g/mol. The summed E-state index contributed by atoms with van der Waals surface area (Å²) >= 11 is 1.69. The molecule has 0 rings (SSSR count). The molecule has 0 aromatic rings. The maximum absolute atomic E-state index is 8.89. The molecule has 3 heteroatoms. The van der Waals surface area contributed by atoms with Gasteiger partial charge >= 0.3 is 0 Å². The largest absolute Gasteiger partial charge is 0.393 e. The third-order valence-electron chi connectivity index (χ3n) is 0.833. The van der Waals surface area contributed by atoms with E-state index in [-0.39, 0.29) is 11.6 Å². The van der Waals surface area contributed by atoms with Gasteiger partial charge in [-0.25, -0.2) is 0 Å². The fraction of sp³-hybridized carbons (Fsp3) is 1.00. The van der Waals surface area contributed by atoms with E-state index >= 15 is 0 Å². The molecule has 0 saturated heterocycles. The highest BCUT2D eigenvalue weighted by atomic mass is 32.2. The lowest BCUT2D eigenvalue weighted by Gasteiger charge is -2.17. The van der Waals surface area contributed by atoms with Gasteiger partial charge < -0.3 is 10.8 Å². The van der Waals surface area contributed by atoms with Crippen LogP contribution in [0.25, 0.3) is 0 Å². The maximum atomic E-state index is 8.89. The average molecular weight is 163 g/mol. The fourth-order valence-corrected chi connectivity index (χ4v) is 1.48. The van der Waals surface area contributed by atoms with Gasteiger partial charge in [-0.2, -0.15) is 11.8 Å². The van der Waals surface area contributed by atoms with Gasteiger partial charge in [-0.3, -0.25) is 0 Å². The van der Waals surface area contributed by atoms with Crippen LogP contribution in [0.15, 0.2) is 0 Å². The third kappa shape index (κ3) is 8.27. The molecule has 0 heterocycles. The van der Waals surface area contributed by atoms with Crippen LogP contribution in [0.4, 0.5) is 0 Å². The minimum atomic E-state index is -0.215. The SMILES string of the molecule is CC(O)CSCC(C)(C)N. The van der Waals surface area contributed by atoms with Gasteiger partial charge in [-0.15, -0.1) is 0 Å². The first-order valence-electron chi connectivity index (χ1n) is 3.46. The van der Waals surface area contributed by atoms with Crippen LogP contribution >= 0.6 is 11.8 Å². The van der Waals surface area contributed by atoms with Crippen LogP contribution in [-0.2, 0) is 0 Å². The summed E-state index contributed by atoms with van der Waals surface area (Å²) in [4.78, 5) is 0. The Bertz CT molecular complexity index is 88.1. The second-order valence-electron chi connectivity index (χ2n) is 3.35. The molecule has 10 heavy (non-hydrogen) atoms. The second-order valence-corrected chi connectivity index (χ2v) is 4.38. The zero-order chi connectivity index (χ0) is 8.20. The Labute approximate surface area is 67.2 Å². The first-order valence-corrected chi connectivity index (χ1v) is 4.62. The Morgan fingerprint density at radius 2 is 2.10 bits per heavy atom. The lowest BCUT2D eigenvalue weighted by Crippen LogP contribution is -2.35. The van der Waals surface area contributed by atoms with E-state index in [1.807, 2.05) is 13.8 Å². The van der Waals surface area contributed by atoms with Gasteiger partial charge in [0.1, 0.15) is 0 Å². The van der Waals surface area contributed by atoms with Crippen LogP contribution in [0.1, 0.15) is 20.8 Å². The summed E-state index contributed by atoms with van der Waals surface area (Å²) < 4.78 is 0. The van der Waals surface area contributed by atoms with E-state index < -0.39 is 0 Å². The minimum absolute atomic E-state index is 0.112. The molecule has 0 aromatic carbocycles.